The van der Waals surface area contributed by atoms with Crippen molar-refractivity contribution in [3.8, 4) is 26.9 Å². The van der Waals surface area contributed by atoms with Gasteiger partial charge in [0.1, 0.15) is 5.01 Å². The minimum atomic E-state index is -0.391. The van der Waals surface area contributed by atoms with E-state index in [-0.39, 0.29) is 0 Å². The van der Waals surface area contributed by atoms with E-state index >= 15 is 0 Å². The molecule has 4 rings (SSSR count). The van der Waals surface area contributed by atoms with Crippen molar-refractivity contribution >= 4 is 40.5 Å². The predicted octanol–water partition coefficient (Wildman–Crippen LogP) is 5.47. The number of ether oxygens (including phenoxy) is 1. The van der Waals surface area contributed by atoms with Gasteiger partial charge in [0.15, 0.2) is 5.06 Å². The Labute approximate surface area is 164 Å². The maximum atomic E-state index is 11.9. The standard InChI is InChI=1S/C19H18N2O2S3/c1-3-20-19(22)23-17-12-9-10-13-15(14(12)18(24-2)26-17)21-16(25-13)11-7-5-4-6-8-11/h4-8H,3,9-10H2,1-2H3,(H,20,22). The predicted molar refractivity (Wildman–Crippen MR) is 110 cm³/mol. The third-order valence-corrected chi connectivity index (χ3v) is 7.58. The first-order chi connectivity index (χ1) is 12.7. The Bertz CT molecular complexity index is 947. The van der Waals surface area contributed by atoms with Gasteiger partial charge in [-0.2, -0.15) is 0 Å². The van der Waals surface area contributed by atoms with Crippen LogP contribution in [0.4, 0.5) is 4.79 Å². The summed E-state index contributed by atoms with van der Waals surface area (Å²) in [5, 5.41) is 4.45. The molecule has 1 aliphatic rings. The zero-order valence-electron chi connectivity index (χ0n) is 14.5. The van der Waals surface area contributed by atoms with Crippen LogP contribution in [0.2, 0.25) is 0 Å². The van der Waals surface area contributed by atoms with Crippen molar-refractivity contribution in [3.05, 3.63) is 40.8 Å². The molecule has 3 aromatic rings. The Hall–Kier alpha value is -1.83. The molecule has 0 bridgehead atoms. The molecule has 1 aliphatic carbocycles. The molecule has 26 heavy (non-hydrogen) atoms. The number of hydrogen-bond donors (Lipinski definition) is 1. The molecule has 0 atom stereocenters. The lowest BCUT2D eigenvalue weighted by atomic mass is 9.97. The third-order valence-electron chi connectivity index (χ3n) is 4.19. The Balaban J connectivity index is 1.76. The van der Waals surface area contributed by atoms with Gasteiger partial charge < -0.3 is 10.1 Å². The smallest absolute Gasteiger partial charge is 0.399 e. The largest absolute Gasteiger partial charge is 0.413 e. The van der Waals surface area contributed by atoms with Gasteiger partial charge in [-0.3, -0.25) is 0 Å². The normalized spacial score (nSPS) is 12.4. The van der Waals surface area contributed by atoms with Gasteiger partial charge in [0, 0.05) is 28.1 Å². The second-order valence-electron chi connectivity index (χ2n) is 5.81. The van der Waals surface area contributed by atoms with Crippen LogP contribution < -0.4 is 10.1 Å². The van der Waals surface area contributed by atoms with E-state index in [1.807, 2.05) is 25.1 Å². The van der Waals surface area contributed by atoms with E-state index < -0.39 is 6.09 Å². The summed E-state index contributed by atoms with van der Waals surface area (Å²) in [7, 11) is 0. The van der Waals surface area contributed by atoms with Gasteiger partial charge in [0.05, 0.1) is 9.90 Å². The molecule has 0 radical (unpaired) electrons. The molecule has 4 nitrogen and oxygen atoms in total. The summed E-state index contributed by atoms with van der Waals surface area (Å²) in [5.41, 5.74) is 4.47. The number of aryl methyl sites for hydroxylation is 1. The summed E-state index contributed by atoms with van der Waals surface area (Å²) in [5.74, 6) is 0. The number of nitrogens with zero attached hydrogens (tertiary/aromatic N) is 1. The van der Waals surface area contributed by atoms with Gasteiger partial charge >= 0.3 is 6.09 Å². The summed E-state index contributed by atoms with van der Waals surface area (Å²) >= 11 is 4.99. The van der Waals surface area contributed by atoms with Crippen molar-refractivity contribution < 1.29 is 9.53 Å². The highest BCUT2D eigenvalue weighted by molar-refractivity contribution is 8.00. The summed E-state index contributed by atoms with van der Waals surface area (Å²) in [6, 6.07) is 10.3. The Morgan fingerprint density at radius 2 is 2.08 bits per heavy atom. The van der Waals surface area contributed by atoms with E-state index in [1.165, 1.54) is 4.88 Å². The van der Waals surface area contributed by atoms with Crippen LogP contribution in [0.1, 0.15) is 17.4 Å². The number of thioether (sulfide) groups is 1. The average Bonchev–Trinajstić information content (AvgIpc) is 3.24. The Kier molecular flexibility index (Phi) is 5.02. The lowest BCUT2D eigenvalue weighted by Gasteiger charge is -2.13. The molecule has 2 heterocycles. The van der Waals surface area contributed by atoms with E-state index in [4.69, 9.17) is 9.72 Å². The molecular weight excluding hydrogens is 384 g/mol. The molecule has 1 amide bonds. The van der Waals surface area contributed by atoms with E-state index in [0.29, 0.717) is 11.6 Å². The van der Waals surface area contributed by atoms with Crippen LogP contribution in [-0.4, -0.2) is 23.9 Å². The van der Waals surface area contributed by atoms with E-state index in [1.54, 1.807) is 34.4 Å². The highest BCUT2D eigenvalue weighted by atomic mass is 32.2. The highest BCUT2D eigenvalue weighted by Gasteiger charge is 2.30. The minimum absolute atomic E-state index is 0.391. The molecule has 1 aromatic carbocycles. The number of thiazole rings is 1. The van der Waals surface area contributed by atoms with Crippen LogP contribution in [0.3, 0.4) is 0 Å². The van der Waals surface area contributed by atoms with Crippen LogP contribution in [0.5, 0.6) is 5.06 Å². The number of fused-ring (bicyclic) bond motifs is 3. The fourth-order valence-corrected chi connectivity index (χ4v) is 6.03. The fraction of sp³-hybridized carbons (Fsp3) is 0.263. The molecule has 0 unspecified atom stereocenters. The van der Waals surface area contributed by atoms with Crippen LogP contribution in [0.25, 0.3) is 21.8 Å². The Morgan fingerprint density at radius 3 is 2.81 bits per heavy atom. The number of benzene rings is 1. The number of aromatic nitrogens is 1. The second kappa shape index (κ2) is 7.42. The highest BCUT2D eigenvalue weighted by Crippen LogP contribution is 2.51. The number of carbonyl (C=O) groups is 1. The third kappa shape index (κ3) is 3.15. The summed E-state index contributed by atoms with van der Waals surface area (Å²) < 4.78 is 6.73. The maximum absolute atomic E-state index is 11.9. The van der Waals surface area contributed by atoms with E-state index in [0.717, 1.165) is 44.4 Å². The number of rotatable bonds is 4. The van der Waals surface area contributed by atoms with Crippen molar-refractivity contribution in [2.24, 2.45) is 0 Å². The van der Waals surface area contributed by atoms with Crippen molar-refractivity contribution in [1.29, 1.82) is 0 Å². The van der Waals surface area contributed by atoms with Gasteiger partial charge in [0.2, 0.25) is 0 Å². The van der Waals surface area contributed by atoms with Crippen molar-refractivity contribution in [3.63, 3.8) is 0 Å². The Morgan fingerprint density at radius 1 is 1.27 bits per heavy atom. The van der Waals surface area contributed by atoms with Gasteiger partial charge in [-0.1, -0.05) is 41.7 Å². The topological polar surface area (TPSA) is 51.2 Å². The van der Waals surface area contributed by atoms with Crippen LogP contribution in [-0.2, 0) is 12.8 Å². The molecule has 0 aliphatic heterocycles. The van der Waals surface area contributed by atoms with Crippen LogP contribution in [0.15, 0.2) is 34.5 Å². The van der Waals surface area contributed by atoms with Crippen LogP contribution in [0, 0.1) is 0 Å². The van der Waals surface area contributed by atoms with Gasteiger partial charge in [0.25, 0.3) is 0 Å². The first-order valence-electron chi connectivity index (χ1n) is 8.42. The van der Waals surface area contributed by atoms with E-state index in [9.17, 15) is 4.79 Å². The number of carbonyl (C=O) groups excluding carboxylic acids is 1. The first kappa shape index (κ1) is 17.6. The number of amides is 1. The van der Waals surface area contributed by atoms with Crippen LogP contribution >= 0.6 is 34.4 Å². The molecule has 7 heteroatoms. The molecular formula is C19H18N2O2S3. The second-order valence-corrected chi connectivity index (χ2v) is 8.95. The summed E-state index contributed by atoms with van der Waals surface area (Å²) in [4.78, 5) is 18.2. The molecule has 0 fully saturated rings. The van der Waals surface area contributed by atoms with E-state index in [2.05, 4.69) is 23.7 Å². The molecule has 0 saturated carbocycles. The van der Waals surface area contributed by atoms with Gasteiger partial charge in [-0.25, -0.2) is 9.78 Å². The quantitative estimate of drug-likeness (QED) is 0.588. The van der Waals surface area contributed by atoms with Crippen molar-refractivity contribution in [1.82, 2.24) is 10.3 Å². The molecule has 2 aromatic heterocycles. The first-order valence-corrected chi connectivity index (χ1v) is 11.3. The number of hydrogen-bond acceptors (Lipinski definition) is 6. The summed E-state index contributed by atoms with van der Waals surface area (Å²) in [6.07, 6.45) is 3.48. The molecule has 0 saturated heterocycles. The lowest BCUT2D eigenvalue weighted by Crippen LogP contribution is -2.26. The van der Waals surface area contributed by atoms with Gasteiger partial charge in [-0.05, 0) is 26.0 Å². The summed E-state index contributed by atoms with van der Waals surface area (Å²) in [6.45, 7) is 2.43. The number of nitrogens with one attached hydrogen (secondary N) is 1. The minimum Gasteiger partial charge on any atom is -0.399 e. The molecule has 134 valence electrons. The zero-order chi connectivity index (χ0) is 18.1. The average molecular weight is 403 g/mol. The monoisotopic (exact) mass is 402 g/mol. The SMILES string of the molecule is CCNC(=O)Oc1sc(SC)c2c1CCc1sc(-c3ccccc3)nc1-2. The number of thiophene rings is 1. The molecule has 0 spiro atoms. The zero-order valence-corrected chi connectivity index (χ0v) is 16.9. The fourth-order valence-electron chi connectivity index (χ4n) is 3.04. The molecule has 1 N–H and O–H groups in total. The van der Waals surface area contributed by atoms with Gasteiger partial charge in [-0.15, -0.1) is 23.1 Å². The lowest BCUT2D eigenvalue weighted by molar-refractivity contribution is 0.202. The van der Waals surface area contributed by atoms with Crippen molar-refractivity contribution in [2.75, 3.05) is 12.8 Å². The maximum Gasteiger partial charge on any atom is 0.413 e. The van der Waals surface area contributed by atoms with Crippen molar-refractivity contribution in [2.45, 2.75) is 24.0 Å².